The Hall–Kier alpha value is -0.0800. The zero-order valence-electron chi connectivity index (χ0n) is 5.60. The first-order valence-electron chi connectivity index (χ1n) is 3.73. The van der Waals surface area contributed by atoms with Gasteiger partial charge in [-0.3, -0.25) is 0 Å². The summed E-state index contributed by atoms with van der Waals surface area (Å²) in [6.07, 6.45) is 1.40. The van der Waals surface area contributed by atoms with Crippen molar-refractivity contribution in [3.8, 4) is 0 Å². The molecule has 52 valence electrons. The third-order valence-electron chi connectivity index (χ3n) is 2.24. The Morgan fingerprint density at radius 3 is 2.33 bits per heavy atom. The Labute approximate surface area is 55.6 Å². The fourth-order valence-corrected chi connectivity index (χ4v) is 1.41. The van der Waals surface area contributed by atoms with E-state index in [4.69, 9.17) is 4.74 Å². The Bertz CT molecular complexity index is 85.1. The van der Waals surface area contributed by atoms with Gasteiger partial charge < -0.3 is 10.1 Å². The van der Waals surface area contributed by atoms with Gasteiger partial charge >= 0.3 is 0 Å². The van der Waals surface area contributed by atoms with Crippen LogP contribution >= 0.6 is 0 Å². The molecule has 0 saturated carbocycles. The average molecular weight is 127 g/mol. The van der Waals surface area contributed by atoms with E-state index in [1.165, 1.54) is 19.5 Å². The molecule has 0 bridgehead atoms. The minimum absolute atomic E-state index is 0.900. The predicted octanol–water partition coefficient (Wildman–Crippen LogP) is 0.242. The molecule has 0 aromatic carbocycles. The van der Waals surface area contributed by atoms with Crippen molar-refractivity contribution in [3.05, 3.63) is 0 Å². The highest BCUT2D eigenvalue weighted by Gasteiger charge is 2.25. The molecule has 2 aliphatic rings. The van der Waals surface area contributed by atoms with Crippen molar-refractivity contribution < 1.29 is 4.74 Å². The average Bonchev–Trinajstić information content (AvgIpc) is 1.57. The van der Waals surface area contributed by atoms with Gasteiger partial charge in [0.2, 0.25) is 0 Å². The summed E-state index contributed by atoms with van der Waals surface area (Å²) in [4.78, 5) is 0. The van der Waals surface area contributed by atoms with Crippen LogP contribution in [0.3, 0.4) is 0 Å². The van der Waals surface area contributed by atoms with Gasteiger partial charge in [0.15, 0.2) is 0 Å². The maximum atomic E-state index is 5.08. The number of hydrogen-bond donors (Lipinski definition) is 1. The summed E-state index contributed by atoms with van der Waals surface area (Å²) in [5.41, 5.74) is 0. The molecule has 0 aliphatic carbocycles. The van der Waals surface area contributed by atoms with E-state index in [1.807, 2.05) is 0 Å². The van der Waals surface area contributed by atoms with E-state index in [2.05, 4.69) is 5.32 Å². The highest BCUT2D eigenvalue weighted by molar-refractivity contribution is 4.79. The van der Waals surface area contributed by atoms with Gasteiger partial charge in [0, 0.05) is 5.92 Å². The fourth-order valence-electron chi connectivity index (χ4n) is 1.41. The summed E-state index contributed by atoms with van der Waals surface area (Å²) in [5, 5.41) is 3.27. The topological polar surface area (TPSA) is 21.3 Å². The molecule has 2 heterocycles. The van der Waals surface area contributed by atoms with E-state index >= 15 is 0 Å². The number of nitrogens with one attached hydrogen (secondary N) is 1. The molecule has 0 amide bonds. The Morgan fingerprint density at radius 1 is 1.22 bits per heavy atom. The summed E-state index contributed by atoms with van der Waals surface area (Å²) in [5.74, 6) is 1.87. The molecule has 0 aromatic rings. The molecule has 0 unspecified atom stereocenters. The van der Waals surface area contributed by atoms with E-state index in [0.717, 1.165) is 25.0 Å². The number of ether oxygens (including phenoxy) is 1. The van der Waals surface area contributed by atoms with Crippen molar-refractivity contribution in [1.29, 1.82) is 0 Å². The van der Waals surface area contributed by atoms with Gasteiger partial charge in [-0.15, -0.1) is 0 Å². The lowest BCUT2D eigenvalue weighted by molar-refractivity contribution is -0.0455. The summed E-state index contributed by atoms with van der Waals surface area (Å²) in [6.45, 7) is 4.54. The molecule has 1 N–H and O–H groups in total. The molecule has 2 saturated heterocycles. The number of hydrogen-bond acceptors (Lipinski definition) is 2. The first-order valence-corrected chi connectivity index (χ1v) is 3.73. The quantitative estimate of drug-likeness (QED) is 0.574. The van der Waals surface area contributed by atoms with Crippen LogP contribution in [0.4, 0.5) is 0 Å². The van der Waals surface area contributed by atoms with E-state index in [0.29, 0.717) is 0 Å². The third-order valence-corrected chi connectivity index (χ3v) is 2.24. The maximum absolute atomic E-state index is 5.08. The van der Waals surface area contributed by atoms with Gasteiger partial charge in [0.1, 0.15) is 0 Å². The SMILES string of the molecule is C1NCC1CC1COC1. The van der Waals surface area contributed by atoms with Gasteiger partial charge in [0.05, 0.1) is 13.2 Å². The molecule has 0 aromatic heterocycles. The summed E-state index contributed by atoms with van der Waals surface area (Å²) < 4.78 is 5.08. The van der Waals surface area contributed by atoms with Gasteiger partial charge in [-0.25, -0.2) is 0 Å². The van der Waals surface area contributed by atoms with Gasteiger partial charge in [-0.1, -0.05) is 0 Å². The second kappa shape index (κ2) is 2.27. The van der Waals surface area contributed by atoms with Crippen LogP contribution in [0.25, 0.3) is 0 Å². The lowest BCUT2D eigenvalue weighted by Crippen LogP contribution is -2.45. The normalized spacial score (nSPS) is 29.3. The Morgan fingerprint density at radius 2 is 2.00 bits per heavy atom. The summed E-state index contributed by atoms with van der Waals surface area (Å²) in [6, 6.07) is 0. The molecular weight excluding hydrogens is 114 g/mol. The Balaban J connectivity index is 1.64. The van der Waals surface area contributed by atoms with Crippen molar-refractivity contribution >= 4 is 0 Å². The van der Waals surface area contributed by atoms with Crippen LogP contribution in [0.1, 0.15) is 6.42 Å². The summed E-state index contributed by atoms with van der Waals surface area (Å²) >= 11 is 0. The molecule has 2 nitrogen and oxygen atoms in total. The molecule has 0 atom stereocenters. The van der Waals surface area contributed by atoms with Crippen molar-refractivity contribution in [2.45, 2.75) is 6.42 Å². The Kier molecular flexibility index (Phi) is 1.44. The van der Waals surface area contributed by atoms with Crippen LogP contribution in [0.2, 0.25) is 0 Å². The summed E-state index contributed by atoms with van der Waals surface area (Å²) in [7, 11) is 0. The smallest absolute Gasteiger partial charge is 0.0516 e. The lowest BCUT2D eigenvalue weighted by Gasteiger charge is -2.34. The van der Waals surface area contributed by atoms with Gasteiger partial charge in [0.25, 0.3) is 0 Å². The maximum Gasteiger partial charge on any atom is 0.0516 e. The van der Waals surface area contributed by atoms with Crippen molar-refractivity contribution in [2.75, 3.05) is 26.3 Å². The molecule has 2 aliphatic heterocycles. The van der Waals surface area contributed by atoms with Gasteiger partial charge in [-0.2, -0.15) is 0 Å². The van der Waals surface area contributed by atoms with Crippen molar-refractivity contribution in [3.63, 3.8) is 0 Å². The molecule has 0 spiro atoms. The molecule has 2 heteroatoms. The van der Waals surface area contributed by atoms with E-state index in [-0.39, 0.29) is 0 Å². The van der Waals surface area contributed by atoms with Crippen molar-refractivity contribution in [1.82, 2.24) is 5.32 Å². The second-order valence-corrected chi connectivity index (χ2v) is 3.16. The largest absolute Gasteiger partial charge is 0.381 e. The standard InChI is InChI=1S/C7H13NO/c1(6-2-8-3-6)7-4-9-5-7/h6-8H,1-5H2. The minimum atomic E-state index is 0.900. The van der Waals surface area contributed by atoms with Crippen LogP contribution in [0.5, 0.6) is 0 Å². The number of rotatable bonds is 2. The lowest BCUT2D eigenvalue weighted by atomic mass is 9.89. The molecule has 2 fully saturated rings. The zero-order chi connectivity index (χ0) is 6.10. The van der Waals surface area contributed by atoms with E-state index < -0.39 is 0 Å². The first-order chi connectivity index (χ1) is 4.45. The van der Waals surface area contributed by atoms with E-state index in [1.54, 1.807) is 0 Å². The molecule has 0 radical (unpaired) electrons. The van der Waals surface area contributed by atoms with Crippen LogP contribution in [-0.2, 0) is 4.74 Å². The minimum Gasteiger partial charge on any atom is -0.381 e. The molecule has 9 heavy (non-hydrogen) atoms. The highest BCUT2D eigenvalue weighted by Crippen LogP contribution is 2.21. The van der Waals surface area contributed by atoms with Crippen LogP contribution in [-0.4, -0.2) is 26.3 Å². The molecule has 2 rings (SSSR count). The van der Waals surface area contributed by atoms with Gasteiger partial charge in [-0.05, 0) is 25.4 Å². The van der Waals surface area contributed by atoms with Crippen LogP contribution in [0, 0.1) is 11.8 Å². The molecular formula is C7H13NO. The van der Waals surface area contributed by atoms with Crippen LogP contribution < -0.4 is 5.32 Å². The monoisotopic (exact) mass is 127 g/mol. The van der Waals surface area contributed by atoms with E-state index in [9.17, 15) is 0 Å². The first kappa shape index (κ1) is 5.69. The third kappa shape index (κ3) is 1.10. The van der Waals surface area contributed by atoms with Crippen LogP contribution in [0.15, 0.2) is 0 Å². The zero-order valence-corrected chi connectivity index (χ0v) is 5.60. The fraction of sp³-hybridized carbons (Fsp3) is 1.00. The predicted molar refractivity (Wildman–Crippen MR) is 35.3 cm³/mol. The van der Waals surface area contributed by atoms with Crippen molar-refractivity contribution in [2.24, 2.45) is 11.8 Å². The highest BCUT2D eigenvalue weighted by atomic mass is 16.5. The second-order valence-electron chi connectivity index (χ2n) is 3.16.